The Hall–Kier alpha value is -2.31. The highest BCUT2D eigenvalue weighted by Gasteiger charge is 2.43. The van der Waals surface area contributed by atoms with E-state index in [9.17, 15) is 8.42 Å². The normalized spacial score (nSPS) is 24.4. The molecule has 1 aliphatic heterocycles. The highest BCUT2D eigenvalue weighted by atomic mass is 32.2. The summed E-state index contributed by atoms with van der Waals surface area (Å²) in [7, 11) is -1.14. The molecule has 1 aromatic heterocycles. The van der Waals surface area contributed by atoms with Crippen LogP contribution < -0.4 is 4.72 Å². The maximum Gasteiger partial charge on any atom is 0.229 e. The van der Waals surface area contributed by atoms with Crippen LogP contribution in [-0.4, -0.2) is 36.7 Å². The first-order valence-corrected chi connectivity index (χ1v) is 13.1. The number of likely N-dealkylation sites (tertiary alicyclic amines) is 1. The number of fused-ring (bicyclic) bond motifs is 3. The van der Waals surface area contributed by atoms with Crippen LogP contribution in [0.4, 0.5) is 5.69 Å². The number of anilines is 1. The second-order valence-electron chi connectivity index (χ2n) is 9.49. The van der Waals surface area contributed by atoms with Gasteiger partial charge in [0.05, 0.1) is 6.26 Å². The summed E-state index contributed by atoms with van der Waals surface area (Å²) in [6.07, 6.45) is 9.43. The number of piperidine rings is 1. The zero-order valence-electron chi connectivity index (χ0n) is 18.3. The first-order valence-electron chi connectivity index (χ1n) is 11.2. The minimum Gasteiger partial charge on any atom is -0.350 e. The molecule has 2 atom stereocenters. The molecule has 2 aliphatic rings. The van der Waals surface area contributed by atoms with Gasteiger partial charge in [0, 0.05) is 42.4 Å². The van der Waals surface area contributed by atoms with Gasteiger partial charge in [-0.2, -0.15) is 0 Å². The molecule has 0 spiro atoms. The van der Waals surface area contributed by atoms with E-state index < -0.39 is 10.0 Å². The number of aromatic nitrogens is 1. The molecule has 2 heterocycles. The summed E-state index contributed by atoms with van der Waals surface area (Å²) in [5.41, 5.74) is 4.83. The van der Waals surface area contributed by atoms with Gasteiger partial charge in [0.25, 0.3) is 0 Å². The molecule has 2 fully saturated rings. The van der Waals surface area contributed by atoms with Crippen molar-refractivity contribution in [2.75, 3.05) is 17.5 Å². The van der Waals surface area contributed by atoms with Gasteiger partial charge in [0.1, 0.15) is 0 Å². The van der Waals surface area contributed by atoms with Crippen molar-refractivity contribution >= 4 is 26.6 Å². The minimum absolute atomic E-state index is 0.160. The van der Waals surface area contributed by atoms with Crippen molar-refractivity contribution in [2.45, 2.75) is 50.1 Å². The van der Waals surface area contributed by atoms with E-state index in [1.54, 1.807) is 0 Å². The van der Waals surface area contributed by atoms with Crippen LogP contribution in [0.5, 0.6) is 0 Å². The summed E-state index contributed by atoms with van der Waals surface area (Å²) in [6, 6.07) is 17.3. The molecule has 0 amide bonds. The lowest BCUT2D eigenvalue weighted by molar-refractivity contribution is 0.0461. The second kappa shape index (κ2) is 7.68. The molecule has 5 nitrogen and oxygen atoms in total. The van der Waals surface area contributed by atoms with Gasteiger partial charge in [-0.05, 0) is 67.0 Å². The van der Waals surface area contributed by atoms with E-state index in [2.05, 4.69) is 63.8 Å². The van der Waals surface area contributed by atoms with Gasteiger partial charge < -0.3 is 4.57 Å². The number of nitrogens with one attached hydrogen (secondary N) is 1. The Morgan fingerprint density at radius 3 is 2.81 bits per heavy atom. The van der Waals surface area contributed by atoms with Crippen LogP contribution in [0.1, 0.15) is 43.2 Å². The number of hydrogen-bond acceptors (Lipinski definition) is 3. The van der Waals surface area contributed by atoms with E-state index in [0.717, 1.165) is 25.9 Å². The second-order valence-corrected chi connectivity index (χ2v) is 11.2. The van der Waals surface area contributed by atoms with E-state index in [1.807, 2.05) is 12.1 Å². The standard InChI is InChI=1S/C25H31N3O2S/c1-27-17-19(23-10-3-4-11-24(23)27)18-28-14-13-25(12-6-9-22(28)16-25)20-7-5-8-21(15-20)26-31(2,29)30/h3-5,7-8,10-11,15,17,22,26H,6,9,12-14,16,18H2,1-2H3. The zero-order chi connectivity index (χ0) is 21.6. The average molecular weight is 438 g/mol. The fourth-order valence-electron chi connectivity index (χ4n) is 5.92. The lowest BCUT2D eigenvalue weighted by atomic mass is 9.63. The largest absolute Gasteiger partial charge is 0.350 e. The van der Waals surface area contributed by atoms with Gasteiger partial charge >= 0.3 is 0 Å². The smallest absolute Gasteiger partial charge is 0.229 e. The Kier molecular flexibility index (Phi) is 5.10. The summed E-state index contributed by atoms with van der Waals surface area (Å²) in [4.78, 5) is 2.68. The van der Waals surface area contributed by atoms with Crippen molar-refractivity contribution in [3.05, 3.63) is 65.9 Å². The Bertz CT molecular complexity index is 1220. The van der Waals surface area contributed by atoms with Crippen molar-refractivity contribution in [3.8, 4) is 0 Å². The molecule has 3 aromatic rings. The van der Waals surface area contributed by atoms with Crippen molar-refractivity contribution in [1.29, 1.82) is 0 Å². The van der Waals surface area contributed by atoms with Crippen LogP contribution in [-0.2, 0) is 29.0 Å². The summed E-state index contributed by atoms with van der Waals surface area (Å²) >= 11 is 0. The van der Waals surface area contributed by atoms with Crippen LogP contribution in [0, 0.1) is 0 Å². The molecule has 0 radical (unpaired) electrons. The molecule has 5 rings (SSSR count). The monoisotopic (exact) mass is 437 g/mol. The van der Waals surface area contributed by atoms with Crippen molar-refractivity contribution < 1.29 is 8.42 Å². The molecule has 1 saturated heterocycles. The van der Waals surface area contributed by atoms with E-state index in [1.165, 1.54) is 47.5 Å². The Morgan fingerprint density at radius 2 is 1.97 bits per heavy atom. The fraction of sp³-hybridized carbons (Fsp3) is 0.440. The zero-order valence-corrected chi connectivity index (χ0v) is 19.2. The maximum absolute atomic E-state index is 11.7. The summed E-state index contributed by atoms with van der Waals surface area (Å²) in [5.74, 6) is 0. The Morgan fingerprint density at radius 1 is 1.13 bits per heavy atom. The highest BCUT2D eigenvalue weighted by Crippen LogP contribution is 2.47. The van der Waals surface area contributed by atoms with Gasteiger partial charge in [-0.15, -0.1) is 0 Å². The van der Waals surface area contributed by atoms with E-state index in [0.29, 0.717) is 11.7 Å². The lowest BCUT2D eigenvalue weighted by Crippen LogP contribution is -2.51. The van der Waals surface area contributed by atoms with Gasteiger partial charge in [0.2, 0.25) is 10.0 Å². The minimum atomic E-state index is -3.27. The van der Waals surface area contributed by atoms with Crippen LogP contribution in [0.3, 0.4) is 0 Å². The van der Waals surface area contributed by atoms with Crippen LogP contribution in [0.25, 0.3) is 10.9 Å². The molecular formula is C25H31N3O2S. The molecule has 164 valence electrons. The maximum atomic E-state index is 11.7. The third-order valence-corrected chi connectivity index (χ3v) is 7.95. The predicted molar refractivity (Wildman–Crippen MR) is 127 cm³/mol. The topological polar surface area (TPSA) is 54.3 Å². The number of para-hydroxylation sites is 1. The van der Waals surface area contributed by atoms with E-state index in [4.69, 9.17) is 0 Å². The number of sulfonamides is 1. The number of benzene rings is 2. The van der Waals surface area contributed by atoms with Crippen molar-refractivity contribution in [2.24, 2.45) is 7.05 Å². The molecule has 31 heavy (non-hydrogen) atoms. The molecule has 2 bridgehead atoms. The third kappa shape index (κ3) is 3.99. The summed E-state index contributed by atoms with van der Waals surface area (Å²) in [6.45, 7) is 2.08. The first kappa shape index (κ1) is 20.6. The molecule has 1 aliphatic carbocycles. The number of aryl methyl sites for hydroxylation is 1. The third-order valence-electron chi connectivity index (χ3n) is 7.34. The van der Waals surface area contributed by atoms with Gasteiger partial charge in [-0.25, -0.2) is 8.42 Å². The average Bonchev–Trinajstić information content (AvgIpc) is 3.05. The number of rotatable bonds is 5. The number of nitrogens with zero attached hydrogens (tertiary/aromatic N) is 2. The van der Waals surface area contributed by atoms with E-state index in [-0.39, 0.29) is 5.41 Å². The number of hydrogen-bond donors (Lipinski definition) is 1. The molecule has 6 heteroatoms. The summed E-state index contributed by atoms with van der Waals surface area (Å²) < 4.78 is 28.3. The summed E-state index contributed by atoms with van der Waals surface area (Å²) in [5, 5.41) is 1.36. The SMILES string of the molecule is Cn1cc(CN2CCC3(c4cccc(NS(C)(=O)=O)c4)CCCC2C3)c2ccccc21. The fourth-order valence-corrected chi connectivity index (χ4v) is 6.48. The molecular weight excluding hydrogens is 406 g/mol. The molecule has 2 unspecified atom stereocenters. The van der Waals surface area contributed by atoms with Crippen LogP contribution in [0.15, 0.2) is 54.7 Å². The highest BCUT2D eigenvalue weighted by molar-refractivity contribution is 7.92. The Labute approximate surface area is 185 Å². The Balaban J connectivity index is 1.38. The van der Waals surface area contributed by atoms with Gasteiger partial charge in [-0.1, -0.05) is 36.8 Å². The molecule has 1 saturated carbocycles. The van der Waals surface area contributed by atoms with Gasteiger partial charge in [0.15, 0.2) is 0 Å². The molecule has 1 N–H and O–H groups in total. The van der Waals surface area contributed by atoms with Crippen LogP contribution in [0.2, 0.25) is 0 Å². The predicted octanol–water partition coefficient (Wildman–Crippen LogP) is 4.64. The van der Waals surface area contributed by atoms with E-state index >= 15 is 0 Å². The van der Waals surface area contributed by atoms with Gasteiger partial charge in [-0.3, -0.25) is 9.62 Å². The van der Waals surface area contributed by atoms with Crippen molar-refractivity contribution in [1.82, 2.24) is 9.47 Å². The van der Waals surface area contributed by atoms with Crippen LogP contribution >= 0.6 is 0 Å². The first-order chi connectivity index (χ1) is 14.8. The molecule has 2 aromatic carbocycles. The quantitative estimate of drug-likeness (QED) is 0.633. The lowest BCUT2D eigenvalue weighted by Gasteiger charge is -2.51. The van der Waals surface area contributed by atoms with Crippen molar-refractivity contribution in [3.63, 3.8) is 0 Å².